The van der Waals surface area contributed by atoms with Crippen LogP contribution in [0, 0.1) is 18.8 Å². The van der Waals surface area contributed by atoms with Crippen LogP contribution in [0.25, 0.3) is 11.1 Å². The molecule has 0 saturated carbocycles. The minimum absolute atomic E-state index is 0.435. The Labute approximate surface area is 190 Å². The first-order valence-electron chi connectivity index (χ1n) is 12.1. The standard InChI is InChI=1S/C27H36O2.C2H6/c1-5-21-13-19(3)14-26(16-21)24-9-7-22(8-10-24)15-20(4)27(28)17-25-11-12-29-18-23(25)6-2;1-2/h7-10,13-14,16,23,25,27-28H,4-6,11-12,15,17-18H2,1-3H3;1-2H3. The molecular formula is C29H42O2. The van der Waals surface area contributed by atoms with E-state index in [1.165, 1.54) is 27.8 Å². The van der Waals surface area contributed by atoms with Crippen LogP contribution in [0.4, 0.5) is 0 Å². The molecule has 0 aliphatic carbocycles. The molecule has 3 atom stereocenters. The lowest BCUT2D eigenvalue weighted by atomic mass is 9.81. The third kappa shape index (κ3) is 7.33. The Bertz CT molecular complexity index is 806. The zero-order valence-corrected chi connectivity index (χ0v) is 20.3. The van der Waals surface area contributed by atoms with E-state index in [1.807, 2.05) is 13.8 Å². The van der Waals surface area contributed by atoms with Crippen molar-refractivity contribution in [1.82, 2.24) is 0 Å². The summed E-state index contributed by atoms with van der Waals surface area (Å²) in [5.74, 6) is 1.10. The topological polar surface area (TPSA) is 29.5 Å². The molecule has 2 aromatic carbocycles. The molecule has 1 saturated heterocycles. The van der Waals surface area contributed by atoms with Gasteiger partial charge in [-0.25, -0.2) is 0 Å². The van der Waals surface area contributed by atoms with E-state index in [2.05, 4.69) is 69.8 Å². The monoisotopic (exact) mass is 422 g/mol. The van der Waals surface area contributed by atoms with Crippen LogP contribution in [0.5, 0.6) is 0 Å². The average Bonchev–Trinajstić information content (AvgIpc) is 2.80. The minimum Gasteiger partial charge on any atom is -0.389 e. The number of hydrogen-bond acceptors (Lipinski definition) is 2. The fourth-order valence-corrected chi connectivity index (χ4v) is 4.48. The molecule has 170 valence electrons. The molecule has 0 amide bonds. The third-order valence-corrected chi connectivity index (χ3v) is 6.42. The number of ether oxygens (including phenoxy) is 1. The highest BCUT2D eigenvalue weighted by Gasteiger charge is 2.27. The fraction of sp³-hybridized carbons (Fsp3) is 0.517. The van der Waals surface area contributed by atoms with Crippen molar-refractivity contribution in [3.8, 4) is 11.1 Å². The second kappa shape index (κ2) is 12.8. The Balaban J connectivity index is 0.00000166. The summed E-state index contributed by atoms with van der Waals surface area (Å²) >= 11 is 0. The van der Waals surface area contributed by atoms with E-state index in [0.29, 0.717) is 11.8 Å². The van der Waals surface area contributed by atoms with Gasteiger partial charge in [0.05, 0.1) is 6.10 Å². The van der Waals surface area contributed by atoms with E-state index >= 15 is 0 Å². The number of benzene rings is 2. The van der Waals surface area contributed by atoms with Gasteiger partial charge in [-0.3, -0.25) is 0 Å². The predicted octanol–water partition coefficient (Wildman–Crippen LogP) is 7.16. The van der Waals surface area contributed by atoms with Gasteiger partial charge in [0, 0.05) is 13.2 Å². The van der Waals surface area contributed by atoms with Crippen LogP contribution in [0.3, 0.4) is 0 Å². The van der Waals surface area contributed by atoms with Crippen molar-refractivity contribution >= 4 is 0 Å². The minimum atomic E-state index is -0.435. The van der Waals surface area contributed by atoms with Crippen molar-refractivity contribution < 1.29 is 9.84 Å². The van der Waals surface area contributed by atoms with Crippen molar-refractivity contribution in [1.29, 1.82) is 0 Å². The summed E-state index contributed by atoms with van der Waals surface area (Å²) in [7, 11) is 0. The van der Waals surface area contributed by atoms with E-state index in [1.54, 1.807) is 0 Å². The number of aliphatic hydroxyl groups excluding tert-OH is 1. The summed E-state index contributed by atoms with van der Waals surface area (Å²) in [5, 5.41) is 10.7. The molecular weight excluding hydrogens is 380 g/mol. The first-order valence-corrected chi connectivity index (χ1v) is 12.1. The Hall–Kier alpha value is -1.90. The highest BCUT2D eigenvalue weighted by molar-refractivity contribution is 5.65. The molecule has 0 bridgehead atoms. The SMILES string of the molecule is C=C(Cc1ccc(-c2cc(C)cc(CC)c2)cc1)C(O)CC1CCOCC1CC.CC. The molecule has 1 N–H and O–H groups in total. The second-order valence-corrected chi connectivity index (χ2v) is 8.64. The molecule has 0 aromatic heterocycles. The molecule has 2 heteroatoms. The van der Waals surface area contributed by atoms with Crippen LogP contribution in [-0.4, -0.2) is 24.4 Å². The number of aliphatic hydroxyl groups is 1. The van der Waals surface area contributed by atoms with E-state index in [4.69, 9.17) is 4.74 Å². The Morgan fingerprint density at radius 3 is 2.39 bits per heavy atom. The van der Waals surface area contributed by atoms with Crippen molar-refractivity contribution in [2.45, 2.75) is 72.8 Å². The molecule has 3 rings (SSSR count). The van der Waals surface area contributed by atoms with Gasteiger partial charge in [0.25, 0.3) is 0 Å². The number of rotatable bonds is 8. The quantitative estimate of drug-likeness (QED) is 0.457. The third-order valence-electron chi connectivity index (χ3n) is 6.42. The summed E-state index contributed by atoms with van der Waals surface area (Å²) < 4.78 is 5.61. The van der Waals surface area contributed by atoms with Crippen molar-refractivity contribution in [2.24, 2.45) is 11.8 Å². The highest BCUT2D eigenvalue weighted by Crippen LogP contribution is 2.30. The van der Waals surface area contributed by atoms with Crippen LogP contribution in [-0.2, 0) is 17.6 Å². The normalized spacial score (nSPS) is 19.3. The van der Waals surface area contributed by atoms with Crippen molar-refractivity contribution in [2.75, 3.05) is 13.2 Å². The maximum absolute atomic E-state index is 10.7. The van der Waals surface area contributed by atoms with E-state index in [-0.39, 0.29) is 0 Å². The lowest BCUT2D eigenvalue weighted by molar-refractivity contribution is 0.000517. The van der Waals surface area contributed by atoms with Crippen molar-refractivity contribution in [3.63, 3.8) is 0 Å². The highest BCUT2D eigenvalue weighted by atomic mass is 16.5. The molecule has 2 nitrogen and oxygen atoms in total. The van der Waals surface area contributed by atoms with E-state index in [0.717, 1.165) is 50.9 Å². The molecule has 0 radical (unpaired) electrons. The average molecular weight is 423 g/mol. The van der Waals surface area contributed by atoms with Crippen molar-refractivity contribution in [3.05, 3.63) is 71.3 Å². The summed E-state index contributed by atoms with van der Waals surface area (Å²) in [6.45, 7) is 16.4. The molecule has 1 heterocycles. The van der Waals surface area contributed by atoms with Gasteiger partial charge >= 0.3 is 0 Å². The van der Waals surface area contributed by atoms with Gasteiger partial charge < -0.3 is 9.84 Å². The van der Waals surface area contributed by atoms with Gasteiger partial charge in [0.15, 0.2) is 0 Å². The predicted molar refractivity (Wildman–Crippen MR) is 134 cm³/mol. The molecule has 31 heavy (non-hydrogen) atoms. The number of hydrogen-bond donors (Lipinski definition) is 1. The molecule has 1 aliphatic rings. The molecule has 3 unspecified atom stereocenters. The zero-order chi connectivity index (χ0) is 22.8. The Morgan fingerprint density at radius 1 is 1.03 bits per heavy atom. The maximum atomic E-state index is 10.7. The van der Waals surface area contributed by atoms with Gasteiger partial charge in [-0.05, 0) is 72.3 Å². The Morgan fingerprint density at radius 2 is 1.74 bits per heavy atom. The summed E-state index contributed by atoms with van der Waals surface area (Å²) in [4.78, 5) is 0. The first-order chi connectivity index (χ1) is 15.0. The van der Waals surface area contributed by atoms with Gasteiger partial charge in [-0.1, -0.05) is 88.7 Å². The van der Waals surface area contributed by atoms with Crippen LogP contribution in [0.1, 0.15) is 63.6 Å². The fourth-order valence-electron chi connectivity index (χ4n) is 4.48. The summed E-state index contributed by atoms with van der Waals surface area (Å²) in [6.07, 6.45) is 4.32. The van der Waals surface area contributed by atoms with Gasteiger partial charge in [-0.2, -0.15) is 0 Å². The molecule has 1 fully saturated rings. The van der Waals surface area contributed by atoms with Crippen LogP contribution < -0.4 is 0 Å². The lowest BCUT2D eigenvalue weighted by Crippen LogP contribution is -2.30. The summed E-state index contributed by atoms with van der Waals surface area (Å²) in [5.41, 5.74) is 7.32. The maximum Gasteiger partial charge on any atom is 0.0753 e. The first kappa shape index (κ1) is 25.4. The zero-order valence-electron chi connectivity index (χ0n) is 20.3. The van der Waals surface area contributed by atoms with Crippen LogP contribution in [0.2, 0.25) is 0 Å². The summed E-state index contributed by atoms with van der Waals surface area (Å²) in [6, 6.07) is 15.5. The lowest BCUT2D eigenvalue weighted by Gasteiger charge is -2.32. The van der Waals surface area contributed by atoms with Crippen LogP contribution >= 0.6 is 0 Å². The van der Waals surface area contributed by atoms with Gasteiger partial charge in [0.2, 0.25) is 0 Å². The van der Waals surface area contributed by atoms with Gasteiger partial charge in [0.1, 0.15) is 0 Å². The van der Waals surface area contributed by atoms with Crippen LogP contribution in [0.15, 0.2) is 54.6 Å². The Kier molecular flexibility index (Phi) is 10.5. The molecule has 0 spiro atoms. The molecule has 2 aromatic rings. The largest absolute Gasteiger partial charge is 0.389 e. The van der Waals surface area contributed by atoms with E-state index < -0.39 is 6.10 Å². The van der Waals surface area contributed by atoms with E-state index in [9.17, 15) is 5.11 Å². The number of aryl methyl sites for hydroxylation is 2. The molecule has 1 aliphatic heterocycles. The smallest absolute Gasteiger partial charge is 0.0753 e. The van der Waals surface area contributed by atoms with Gasteiger partial charge in [-0.15, -0.1) is 0 Å². The second-order valence-electron chi connectivity index (χ2n) is 8.64.